The molecule has 0 saturated carbocycles. The molecule has 1 aromatic rings. The van der Waals surface area contributed by atoms with E-state index in [9.17, 15) is 14.7 Å². The highest BCUT2D eigenvalue weighted by atomic mass is 16.5. The van der Waals surface area contributed by atoms with E-state index in [1.807, 2.05) is 24.0 Å². The van der Waals surface area contributed by atoms with Gasteiger partial charge in [0.05, 0.1) is 6.04 Å². The van der Waals surface area contributed by atoms with Crippen LogP contribution in [-0.4, -0.2) is 53.2 Å². The zero-order valence-electron chi connectivity index (χ0n) is 15.3. The number of aliphatic hydroxyl groups excluding tert-OH is 1. The first-order valence-corrected chi connectivity index (χ1v) is 9.24. The maximum Gasteiger partial charge on any atom is 0.315 e. The number of piperidine rings is 1. The monoisotopic (exact) mass is 361 g/mol. The highest BCUT2D eigenvalue weighted by Gasteiger charge is 2.32. The van der Waals surface area contributed by atoms with Crippen LogP contribution in [0.25, 0.3) is 0 Å². The van der Waals surface area contributed by atoms with Gasteiger partial charge < -0.3 is 25.4 Å². The summed E-state index contributed by atoms with van der Waals surface area (Å²) in [6, 6.07) is 5.74. The number of ether oxygens (including phenoxy) is 1. The van der Waals surface area contributed by atoms with Crippen LogP contribution < -0.4 is 15.4 Å². The van der Waals surface area contributed by atoms with Crippen molar-refractivity contribution >= 4 is 11.9 Å². The van der Waals surface area contributed by atoms with Crippen molar-refractivity contribution in [1.29, 1.82) is 0 Å². The Morgan fingerprint density at radius 2 is 2.08 bits per heavy atom. The van der Waals surface area contributed by atoms with E-state index in [0.717, 1.165) is 25.8 Å². The molecule has 2 aliphatic heterocycles. The summed E-state index contributed by atoms with van der Waals surface area (Å²) in [7, 11) is 0. The van der Waals surface area contributed by atoms with Gasteiger partial charge in [0.15, 0.2) is 0 Å². The second kappa shape index (κ2) is 7.95. The summed E-state index contributed by atoms with van der Waals surface area (Å²) >= 11 is 0. The van der Waals surface area contributed by atoms with E-state index in [0.29, 0.717) is 11.3 Å². The van der Waals surface area contributed by atoms with E-state index < -0.39 is 24.2 Å². The first-order chi connectivity index (χ1) is 12.5. The van der Waals surface area contributed by atoms with Gasteiger partial charge in [0.1, 0.15) is 24.5 Å². The van der Waals surface area contributed by atoms with Crippen LogP contribution in [0.3, 0.4) is 0 Å². The number of carbonyl (C=O) groups excluding carboxylic acids is 2. The number of para-hydroxylation sites is 1. The molecule has 0 aliphatic carbocycles. The van der Waals surface area contributed by atoms with Crippen molar-refractivity contribution in [2.24, 2.45) is 0 Å². The normalized spacial score (nSPS) is 26.3. The Hall–Kier alpha value is -2.28. The lowest BCUT2D eigenvalue weighted by Gasteiger charge is -2.35. The van der Waals surface area contributed by atoms with Crippen LogP contribution in [-0.2, 0) is 4.79 Å². The Labute approximate surface area is 153 Å². The summed E-state index contributed by atoms with van der Waals surface area (Å²) in [6.07, 6.45) is 2.28. The number of nitrogens with one attached hydrogen (secondary N) is 2. The lowest BCUT2D eigenvalue weighted by atomic mass is 9.99. The van der Waals surface area contributed by atoms with Crippen molar-refractivity contribution in [3.8, 4) is 5.75 Å². The third-order valence-electron chi connectivity index (χ3n) is 5.16. The number of hydrogen-bond acceptors (Lipinski definition) is 4. The molecule has 3 rings (SSSR count). The first kappa shape index (κ1) is 18.5. The highest BCUT2D eigenvalue weighted by molar-refractivity contribution is 5.87. The number of rotatable bonds is 3. The lowest BCUT2D eigenvalue weighted by Crippen LogP contribution is -2.56. The maximum atomic E-state index is 12.6. The molecule has 0 aromatic heterocycles. The van der Waals surface area contributed by atoms with Crippen molar-refractivity contribution in [2.45, 2.75) is 57.3 Å². The van der Waals surface area contributed by atoms with Gasteiger partial charge in [-0.05, 0) is 39.2 Å². The van der Waals surface area contributed by atoms with E-state index in [1.165, 1.54) is 0 Å². The molecule has 3 N–H and O–H groups in total. The van der Waals surface area contributed by atoms with Crippen LogP contribution in [0.5, 0.6) is 5.75 Å². The number of hydrogen-bond donors (Lipinski definition) is 3. The Morgan fingerprint density at radius 3 is 2.85 bits per heavy atom. The lowest BCUT2D eigenvalue weighted by molar-refractivity contribution is -0.136. The summed E-state index contributed by atoms with van der Waals surface area (Å²) < 4.78 is 5.59. The van der Waals surface area contributed by atoms with Gasteiger partial charge in [-0.15, -0.1) is 0 Å². The summed E-state index contributed by atoms with van der Waals surface area (Å²) in [5.41, 5.74) is 0.648. The Morgan fingerprint density at radius 1 is 1.31 bits per heavy atom. The fourth-order valence-corrected chi connectivity index (χ4v) is 3.61. The number of urea groups is 1. The first-order valence-electron chi connectivity index (χ1n) is 9.24. The van der Waals surface area contributed by atoms with Crippen molar-refractivity contribution in [3.05, 3.63) is 29.8 Å². The van der Waals surface area contributed by atoms with Gasteiger partial charge in [0.2, 0.25) is 5.91 Å². The second-order valence-corrected chi connectivity index (χ2v) is 7.12. The molecule has 4 unspecified atom stereocenters. The topological polar surface area (TPSA) is 90.9 Å². The molecular weight excluding hydrogens is 334 g/mol. The zero-order valence-corrected chi connectivity index (χ0v) is 15.3. The molecular formula is C19H27N3O4. The van der Waals surface area contributed by atoms with Crippen molar-refractivity contribution < 1.29 is 19.4 Å². The third-order valence-corrected chi connectivity index (χ3v) is 5.16. The summed E-state index contributed by atoms with van der Waals surface area (Å²) in [5.74, 6) is 0.555. The van der Waals surface area contributed by atoms with E-state index in [1.54, 1.807) is 19.1 Å². The average molecular weight is 361 g/mol. The van der Waals surface area contributed by atoms with Crippen LogP contribution in [0.2, 0.25) is 0 Å². The molecule has 26 heavy (non-hydrogen) atoms. The molecule has 1 saturated heterocycles. The molecule has 2 aliphatic rings. The van der Waals surface area contributed by atoms with Crippen LogP contribution in [0.1, 0.15) is 44.8 Å². The molecule has 1 aromatic carbocycles. The van der Waals surface area contributed by atoms with Gasteiger partial charge in [-0.2, -0.15) is 0 Å². The van der Waals surface area contributed by atoms with Gasteiger partial charge in [0.25, 0.3) is 0 Å². The number of carbonyl (C=O) groups is 2. The van der Waals surface area contributed by atoms with E-state index in [-0.39, 0.29) is 18.6 Å². The van der Waals surface area contributed by atoms with Gasteiger partial charge in [-0.1, -0.05) is 18.2 Å². The standard InChI is InChI=1S/C19H27N3O4/c1-12-7-5-6-10-22(12)18(24)13(2)20-19(25)21-15-11-26-16-9-4-3-8-14(16)17(15)23/h3-4,8-9,12-13,15,17,23H,5-7,10-11H2,1-2H3,(H2,20,21,25). The number of fused-ring (bicyclic) bond motifs is 1. The fourth-order valence-electron chi connectivity index (χ4n) is 3.61. The smallest absolute Gasteiger partial charge is 0.315 e. The summed E-state index contributed by atoms with van der Waals surface area (Å²) in [6.45, 7) is 4.64. The van der Waals surface area contributed by atoms with Crippen LogP contribution in [0, 0.1) is 0 Å². The predicted molar refractivity (Wildman–Crippen MR) is 96.8 cm³/mol. The minimum Gasteiger partial charge on any atom is -0.491 e. The molecule has 4 atom stereocenters. The van der Waals surface area contributed by atoms with Crippen molar-refractivity contribution in [3.63, 3.8) is 0 Å². The average Bonchev–Trinajstić information content (AvgIpc) is 2.64. The van der Waals surface area contributed by atoms with Gasteiger partial charge in [-0.25, -0.2) is 4.79 Å². The summed E-state index contributed by atoms with van der Waals surface area (Å²) in [5, 5.41) is 15.8. The van der Waals surface area contributed by atoms with Gasteiger partial charge in [-0.3, -0.25) is 4.79 Å². The van der Waals surface area contributed by atoms with E-state index >= 15 is 0 Å². The number of likely N-dealkylation sites (tertiary alicyclic amines) is 1. The second-order valence-electron chi connectivity index (χ2n) is 7.12. The molecule has 2 heterocycles. The molecule has 7 nitrogen and oxygen atoms in total. The molecule has 142 valence electrons. The zero-order chi connectivity index (χ0) is 18.7. The highest BCUT2D eigenvalue weighted by Crippen LogP contribution is 2.31. The number of amides is 3. The van der Waals surface area contributed by atoms with E-state index in [4.69, 9.17) is 4.74 Å². The summed E-state index contributed by atoms with van der Waals surface area (Å²) in [4.78, 5) is 26.7. The fraction of sp³-hybridized carbons (Fsp3) is 0.579. The Kier molecular flexibility index (Phi) is 5.66. The third kappa shape index (κ3) is 3.93. The largest absolute Gasteiger partial charge is 0.491 e. The minimum atomic E-state index is -0.848. The molecule has 7 heteroatoms. The predicted octanol–water partition coefficient (Wildman–Crippen LogP) is 1.57. The Bertz CT molecular complexity index is 666. The minimum absolute atomic E-state index is 0.0712. The molecule has 3 amide bonds. The number of nitrogens with zero attached hydrogens (tertiary/aromatic N) is 1. The van der Waals surface area contributed by atoms with E-state index in [2.05, 4.69) is 10.6 Å². The number of benzene rings is 1. The molecule has 0 radical (unpaired) electrons. The Balaban J connectivity index is 1.54. The van der Waals surface area contributed by atoms with Gasteiger partial charge in [0, 0.05) is 18.2 Å². The molecule has 1 fully saturated rings. The van der Waals surface area contributed by atoms with Gasteiger partial charge >= 0.3 is 6.03 Å². The van der Waals surface area contributed by atoms with Crippen molar-refractivity contribution in [2.75, 3.05) is 13.2 Å². The van der Waals surface area contributed by atoms with Crippen LogP contribution in [0.15, 0.2) is 24.3 Å². The SMILES string of the molecule is CC(NC(=O)NC1COc2ccccc2C1O)C(=O)N1CCCCC1C. The number of aliphatic hydroxyl groups is 1. The molecule has 0 bridgehead atoms. The quantitative estimate of drug-likeness (QED) is 0.762. The molecule has 0 spiro atoms. The van der Waals surface area contributed by atoms with Crippen molar-refractivity contribution in [1.82, 2.24) is 15.5 Å². The van der Waals surface area contributed by atoms with Crippen LogP contribution >= 0.6 is 0 Å². The maximum absolute atomic E-state index is 12.6. The van der Waals surface area contributed by atoms with Crippen LogP contribution in [0.4, 0.5) is 4.79 Å².